The zero-order valence-electron chi connectivity index (χ0n) is 15.9. The van der Waals surface area contributed by atoms with Gasteiger partial charge in [-0.25, -0.2) is 14.4 Å². The monoisotopic (exact) mass is 410 g/mol. The summed E-state index contributed by atoms with van der Waals surface area (Å²) in [6.07, 6.45) is 5.31. The topological polar surface area (TPSA) is 57.5 Å². The van der Waals surface area contributed by atoms with Crippen molar-refractivity contribution < 1.29 is 4.39 Å². The maximum Gasteiger partial charge on any atom is 0.173 e. The van der Waals surface area contributed by atoms with Crippen LogP contribution in [0.15, 0.2) is 42.9 Å². The minimum atomic E-state index is -0.393. The van der Waals surface area contributed by atoms with E-state index >= 15 is 0 Å². The van der Waals surface area contributed by atoms with Crippen LogP contribution in [0, 0.1) is 12.7 Å². The quantitative estimate of drug-likeness (QED) is 0.531. The summed E-state index contributed by atoms with van der Waals surface area (Å²) in [6, 6.07) is 7.47. The maximum absolute atomic E-state index is 14.4. The van der Waals surface area contributed by atoms with Crippen LogP contribution < -0.4 is 15.5 Å². The second kappa shape index (κ2) is 7.17. The van der Waals surface area contributed by atoms with Crippen molar-refractivity contribution >= 4 is 45.2 Å². The molecule has 1 fully saturated rings. The maximum atomic E-state index is 14.4. The van der Waals surface area contributed by atoms with Gasteiger partial charge in [0, 0.05) is 61.9 Å². The van der Waals surface area contributed by atoms with Gasteiger partial charge in [0.2, 0.25) is 0 Å². The molecule has 0 amide bonds. The molecule has 5 rings (SSSR count). The molecule has 0 atom stereocenters. The Kier molecular flexibility index (Phi) is 4.49. The smallest absolute Gasteiger partial charge is 0.173 e. The predicted octanol–water partition coefficient (Wildman–Crippen LogP) is 4.14. The van der Waals surface area contributed by atoms with Crippen molar-refractivity contribution in [3.05, 3.63) is 59.4 Å². The first-order chi connectivity index (χ1) is 14.1. The van der Waals surface area contributed by atoms with E-state index < -0.39 is 5.82 Å². The Bertz CT molecular complexity index is 1210. The molecule has 0 radical (unpaired) electrons. The largest absolute Gasteiger partial charge is 0.369 e. The second-order valence-electron chi connectivity index (χ2n) is 7.24. The third-order valence-corrected chi connectivity index (χ3v) is 5.47. The van der Waals surface area contributed by atoms with Crippen LogP contribution in [-0.4, -0.2) is 40.5 Å². The van der Waals surface area contributed by atoms with Gasteiger partial charge in [0.05, 0.1) is 16.4 Å². The highest BCUT2D eigenvalue weighted by molar-refractivity contribution is 6.37. The highest BCUT2D eigenvalue weighted by Gasteiger charge is 2.15. The van der Waals surface area contributed by atoms with Crippen LogP contribution in [0.1, 0.15) is 5.69 Å². The van der Waals surface area contributed by atoms with Gasteiger partial charge in [0.1, 0.15) is 5.82 Å². The number of aromatic nitrogens is 3. The molecule has 3 aromatic heterocycles. The van der Waals surface area contributed by atoms with Gasteiger partial charge >= 0.3 is 0 Å². The molecule has 0 aliphatic carbocycles. The predicted molar refractivity (Wildman–Crippen MR) is 115 cm³/mol. The Hall–Kier alpha value is -2.90. The number of anilines is 3. The lowest BCUT2D eigenvalue weighted by molar-refractivity contribution is 0.589. The van der Waals surface area contributed by atoms with E-state index in [2.05, 4.69) is 31.6 Å². The number of halogens is 2. The molecule has 148 valence electrons. The number of rotatable bonds is 3. The normalized spacial score (nSPS) is 14.7. The molecular formula is C21H20ClFN6. The Morgan fingerprint density at radius 1 is 1.17 bits per heavy atom. The van der Waals surface area contributed by atoms with Crippen LogP contribution in [0.25, 0.3) is 16.4 Å². The molecule has 1 saturated heterocycles. The van der Waals surface area contributed by atoms with Gasteiger partial charge in [-0.05, 0) is 30.5 Å². The number of pyridine rings is 2. The molecule has 8 heteroatoms. The van der Waals surface area contributed by atoms with Crippen LogP contribution in [0.2, 0.25) is 5.02 Å². The minimum Gasteiger partial charge on any atom is -0.369 e. The molecule has 0 spiro atoms. The minimum absolute atomic E-state index is 0.303. The fraction of sp³-hybridized carbons (Fsp3) is 0.238. The van der Waals surface area contributed by atoms with Crippen LogP contribution in [0.3, 0.4) is 0 Å². The van der Waals surface area contributed by atoms with E-state index in [1.54, 1.807) is 23.0 Å². The lowest BCUT2D eigenvalue weighted by Gasteiger charge is -2.30. The molecule has 1 aromatic carbocycles. The SMILES string of the molecule is Cc1cn2cc(Nc3nccc4cc(N5CCNCC5)cc(Cl)c34)cc(F)c2n1. The van der Waals surface area contributed by atoms with E-state index in [0.29, 0.717) is 22.2 Å². The molecule has 0 bridgehead atoms. The fourth-order valence-corrected chi connectivity index (χ4v) is 4.15. The third-order valence-electron chi connectivity index (χ3n) is 5.17. The summed E-state index contributed by atoms with van der Waals surface area (Å²) in [5.74, 6) is 0.199. The van der Waals surface area contributed by atoms with E-state index in [9.17, 15) is 4.39 Å². The van der Waals surface area contributed by atoms with E-state index in [4.69, 9.17) is 11.6 Å². The molecule has 4 heterocycles. The molecule has 0 unspecified atom stereocenters. The van der Waals surface area contributed by atoms with E-state index in [0.717, 1.165) is 48.3 Å². The van der Waals surface area contributed by atoms with Gasteiger partial charge in [-0.15, -0.1) is 0 Å². The lowest BCUT2D eigenvalue weighted by Crippen LogP contribution is -2.43. The number of imidazole rings is 1. The number of hydrogen-bond donors (Lipinski definition) is 2. The fourth-order valence-electron chi connectivity index (χ4n) is 3.84. The lowest BCUT2D eigenvalue weighted by atomic mass is 10.1. The summed E-state index contributed by atoms with van der Waals surface area (Å²) in [4.78, 5) is 11.0. The molecule has 29 heavy (non-hydrogen) atoms. The van der Waals surface area contributed by atoms with Gasteiger partial charge in [-0.1, -0.05) is 11.6 Å². The van der Waals surface area contributed by atoms with Crippen molar-refractivity contribution in [1.29, 1.82) is 0 Å². The van der Waals surface area contributed by atoms with Gasteiger partial charge in [0.15, 0.2) is 11.5 Å². The van der Waals surface area contributed by atoms with Crippen molar-refractivity contribution in [2.45, 2.75) is 6.92 Å². The first-order valence-electron chi connectivity index (χ1n) is 9.54. The van der Waals surface area contributed by atoms with Crippen molar-refractivity contribution in [2.75, 3.05) is 36.4 Å². The zero-order valence-corrected chi connectivity index (χ0v) is 16.7. The molecule has 6 nitrogen and oxygen atoms in total. The van der Waals surface area contributed by atoms with Gasteiger partial charge in [0.25, 0.3) is 0 Å². The average Bonchev–Trinajstić information content (AvgIpc) is 3.09. The highest BCUT2D eigenvalue weighted by Crippen LogP contribution is 2.35. The summed E-state index contributed by atoms with van der Waals surface area (Å²) < 4.78 is 16.1. The molecule has 1 aliphatic heterocycles. The number of nitrogens with zero attached hydrogens (tertiary/aromatic N) is 4. The second-order valence-corrected chi connectivity index (χ2v) is 7.64. The van der Waals surface area contributed by atoms with Crippen molar-refractivity contribution in [2.24, 2.45) is 0 Å². The van der Waals surface area contributed by atoms with E-state index in [1.807, 2.05) is 19.1 Å². The summed E-state index contributed by atoms with van der Waals surface area (Å²) in [6.45, 7) is 5.64. The number of nitrogens with one attached hydrogen (secondary N) is 2. The summed E-state index contributed by atoms with van der Waals surface area (Å²) >= 11 is 6.67. The summed E-state index contributed by atoms with van der Waals surface area (Å²) in [5, 5.41) is 9.00. The third kappa shape index (κ3) is 3.36. The van der Waals surface area contributed by atoms with Crippen molar-refractivity contribution in [3.8, 4) is 0 Å². The first-order valence-corrected chi connectivity index (χ1v) is 9.92. The van der Waals surface area contributed by atoms with Crippen LogP contribution in [0.4, 0.5) is 21.6 Å². The molecule has 4 aromatic rings. The summed E-state index contributed by atoms with van der Waals surface area (Å²) in [5.41, 5.74) is 2.74. The zero-order chi connectivity index (χ0) is 20.0. The number of fused-ring (bicyclic) bond motifs is 2. The Labute approximate surface area is 172 Å². The van der Waals surface area contributed by atoms with Gasteiger partial charge in [-0.3, -0.25) is 0 Å². The summed E-state index contributed by atoms with van der Waals surface area (Å²) in [7, 11) is 0. The number of piperazine rings is 1. The number of hydrogen-bond acceptors (Lipinski definition) is 5. The van der Waals surface area contributed by atoms with Crippen LogP contribution >= 0.6 is 11.6 Å². The number of benzene rings is 1. The number of aryl methyl sites for hydroxylation is 1. The Morgan fingerprint density at radius 2 is 2.00 bits per heavy atom. The van der Waals surface area contributed by atoms with E-state index in [-0.39, 0.29) is 0 Å². The molecule has 2 N–H and O–H groups in total. The molecular weight excluding hydrogens is 391 g/mol. The van der Waals surface area contributed by atoms with E-state index in [1.165, 1.54) is 6.07 Å². The van der Waals surface area contributed by atoms with Gasteiger partial charge < -0.3 is 19.9 Å². The molecule has 0 saturated carbocycles. The average molecular weight is 411 g/mol. The first kappa shape index (κ1) is 18.1. The Balaban J connectivity index is 1.55. The van der Waals surface area contributed by atoms with Crippen LogP contribution in [0.5, 0.6) is 0 Å². The van der Waals surface area contributed by atoms with Crippen molar-refractivity contribution in [1.82, 2.24) is 19.7 Å². The van der Waals surface area contributed by atoms with Crippen LogP contribution in [-0.2, 0) is 0 Å². The molecule has 1 aliphatic rings. The van der Waals surface area contributed by atoms with Gasteiger partial charge in [-0.2, -0.15) is 0 Å². The highest BCUT2D eigenvalue weighted by atomic mass is 35.5. The standard InChI is InChI=1S/C21H20ClFN6/c1-13-11-29-12-15(9-18(23)21(29)26-13)27-20-19-14(2-3-25-20)8-16(10-17(19)22)28-6-4-24-5-7-28/h2-3,8-12,24H,4-7H2,1H3,(H,25,27). The Morgan fingerprint density at radius 3 is 2.83 bits per heavy atom. The van der Waals surface area contributed by atoms with Crippen molar-refractivity contribution in [3.63, 3.8) is 0 Å².